The highest BCUT2D eigenvalue weighted by atomic mass is 79.9. The lowest BCUT2D eigenvalue weighted by Crippen LogP contribution is -2.38. The Hall–Kier alpha value is -0.410. The van der Waals surface area contributed by atoms with E-state index in [1.54, 1.807) is 0 Å². The second-order valence-corrected chi connectivity index (χ2v) is 6.80. The van der Waals surface area contributed by atoms with Crippen molar-refractivity contribution < 1.29 is 0 Å². The molecule has 19 heavy (non-hydrogen) atoms. The van der Waals surface area contributed by atoms with Crippen LogP contribution in [0.4, 0.5) is 0 Å². The van der Waals surface area contributed by atoms with Crippen LogP contribution in [0.25, 0.3) is 0 Å². The van der Waals surface area contributed by atoms with E-state index < -0.39 is 0 Å². The molecule has 0 amide bonds. The number of nitrogens with one attached hydrogen (secondary N) is 1. The molecule has 1 fully saturated rings. The summed E-state index contributed by atoms with van der Waals surface area (Å²) < 4.78 is 1.07. The van der Waals surface area contributed by atoms with Crippen LogP contribution in [0, 0.1) is 5.41 Å². The quantitative estimate of drug-likeness (QED) is 0.787. The summed E-state index contributed by atoms with van der Waals surface area (Å²) >= 11 is 3.46. The third kappa shape index (κ3) is 4.57. The van der Waals surface area contributed by atoms with E-state index in [4.69, 9.17) is 0 Å². The van der Waals surface area contributed by atoms with E-state index >= 15 is 0 Å². The molecular weight excluding hydrogens is 300 g/mol. The Labute approximate surface area is 125 Å². The lowest BCUT2D eigenvalue weighted by Gasteiger charge is -2.37. The minimum atomic E-state index is 0.439. The third-order valence-electron chi connectivity index (χ3n) is 4.19. The van der Waals surface area contributed by atoms with Crippen molar-refractivity contribution in [2.24, 2.45) is 5.41 Å². The number of halogens is 1. The lowest BCUT2D eigenvalue weighted by atomic mass is 9.71. The Kier molecular flexibility index (Phi) is 5.83. The Balaban J connectivity index is 2.01. The minimum absolute atomic E-state index is 0.439. The zero-order valence-electron chi connectivity index (χ0n) is 11.9. The van der Waals surface area contributed by atoms with Crippen LogP contribution in [-0.4, -0.2) is 18.1 Å². The van der Waals surface area contributed by atoms with Gasteiger partial charge in [-0.25, -0.2) is 0 Å². The molecule has 0 bridgehead atoms. The summed E-state index contributed by atoms with van der Waals surface area (Å²) in [6.07, 6.45) is 11.1. The van der Waals surface area contributed by atoms with E-state index in [2.05, 4.69) is 45.3 Å². The number of hydrogen-bond donors (Lipinski definition) is 1. The van der Waals surface area contributed by atoms with E-state index in [9.17, 15) is 0 Å². The van der Waals surface area contributed by atoms with Crippen LogP contribution in [0.3, 0.4) is 0 Å². The number of pyridine rings is 1. The molecule has 1 aliphatic rings. The largest absolute Gasteiger partial charge is 0.316 e. The van der Waals surface area contributed by atoms with Crippen LogP contribution >= 0.6 is 15.9 Å². The van der Waals surface area contributed by atoms with Crippen molar-refractivity contribution in [3.8, 4) is 0 Å². The van der Waals surface area contributed by atoms with Crippen LogP contribution in [-0.2, 0) is 6.42 Å². The molecule has 0 radical (unpaired) electrons. The van der Waals surface area contributed by atoms with Crippen LogP contribution < -0.4 is 5.32 Å². The van der Waals surface area contributed by atoms with Gasteiger partial charge in [-0.05, 0) is 65.7 Å². The number of hydrogen-bond acceptors (Lipinski definition) is 2. The maximum Gasteiger partial charge on any atom is 0.0413 e. The Morgan fingerprint density at radius 3 is 2.68 bits per heavy atom. The molecule has 0 atom stereocenters. The molecule has 2 nitrogen and oxygen atoms in total. The standard InChI is InChI=1S/C16H25BrN2/c1-2-10-18-13-16(8-4-3-5-9-16)11-15-7-6-14(17)12-19-15/h6-7,12,18H,2-5,8-11,13H2,1H3. The van der Waals surface area contributed by atoms with E-state index in [0.717, 1.165) is 24.0 Å². The predicted octanol–water partition coefficient (Wildman–Crippen LogP) is 4.34. The zero-order chi connectivity index (χ0) is 13.6. The summed E-state index contributed by atoms with van der Waals surface area (Å²) in [6.45, 7) is 4.52. The first-order chi connectivity index (χ1) is 9.24. The molecule has 106 valence electrons. The summed E-state index contributed by atoms with van der Waals surface area (Å²) in [5.41, 5.74) is 1.68. The van der Waals surface area contributed by atoms with Gasteiger partial charge in [0.1, 0.15) is 0 Å². The Morgan fingerprint density at radius 1 is 1.26 bits per heavy atom. The molecule has 0 aliphatic heterocycles. The topological polar surface area (TPSA) is 24.9 Å². The highest BCUT2D eigenvalue weighted by Crippen LogP contribution is 2.38. The number of aromatic nitrogens is 1. The summed E-state index contributed by atoms with van der Waals surface area (Å²) in [6, 6.07) is 4.28. The molecule has 1 heterocycles. The normalized spacial score (nSPS) is 18.4. The zero-order valence-corrected chi connectivity index (χ0v) is 13.5. The molecule has 1 N–H and O–H groups in total. The van der Waals surface area contributed by atoms with Gasteiger partial charge in [0.2, 0.25) is 0 Å². The van der Waals surface area contributed by atoms with Gasteiger partial charge < -0.3 is 5.32 Å². The smallest absolute Gasteiger partial charge is 0.0413 e. The minimum Gasteiger partial charge on any atom is -0.316 e. The number of nitrogens with zero attached hydrogens (tertiary/aromatic N) is 1. The first kappa shape index (κ1) is 15.0. The van der Waals surface area contributed by atoms with Crippen LogP contribution in [0.15, 0.2) is 22.8 Å². The van der Waals surface area contributed by atoms with Gasteiger partial charge in [0.05, 0.1) is 0 Å². The first-order valence-electron chi connectivity index (χ1n) is 7.55. The first-order valence-corrected chi connectivity index (χ1v) is 8.35. The SMILES string of the molecule is CCCNCC1(Cc2ccc(Br)cn2)CCCCC1. The molecular formula is C16H25BrN2. The van der Waals surface area contributed by atoms with Gasteiger partial charge >= 0.3 is 0 Å². The molecule has 0 unspecified atom stereocenters. The van der Waals surface area contributed by atoms with Gasteiger partial charge in [-0.3, -0.25) is 4.98 Å². The lowest BCUT2D eigenvalue weighted by molar-refractivity contribution is 0.179. The molecule has 3 heteroatoms. The molecule has 0 aromatic carbocycles. The molecule has 2 rings (SSSR count). The van der Waals surface area contributed by atoms with Crippen LogP contribution in [0.5, 0.6) is 0 Å². The summed E-state index contributed by atoms with van der Waals surface area (Å²) in [7, 11) is 0. The van der Waals surface area contributed by atoms with Crippen molar-refractivity contribution in [2.75, 3.05) is 13.1 Å². The monoisotopic (exact) mass is 324 g/mol. The van der Waals surface area contributed by atoms with Gasteiger partial charge in [-0.1, -0.05) is 26.2 Å². The average Bonchev–Trinajstić information content (AvgIpc) is 2.43. The summed E-state index contributed by atoms with van der Waals surface area (Å²) in [4.78, 5) is 4.57. The predicted molar refractivity (Wildman–Crippen MR) is 84.3 cm³/mol. The van der Waals surface area contributed by atoms with Crippen molar-refractivity contribution in [2.45, 2.75) is 51.9 Å². The number of rotatable bonds is 6. The fourth-order valence-electron chi connectivity index (χ4n) is 3.14. The highest BCUT2D eigenvalue weighted by Gasteiger charge is 2.32. The second kappa shape index (κ2) is 7.39. The van der Waals surface area contributed by atoms with E-state index in [1.807, 2.05) is 6.20 Å². The summed E-state index contributed by atoms with van der Waals surface area (Å²) in [5, 5.41) is 3.64. The van der Waals surface area contributed by atoms with Crippen molar-refractivity contribution in [1.29, 1.82) is 0 Å². The van der Waals surface area contributed by atoms with Crippen molar-refractivity contribution in [3.05, 3.63) is 28.5 Å². The van der Waals surface area contributed by atoms with Crippen molar-refractivity contribution in [3.63, 3.8) is 0 Å². The van der Waals surface area contributed by atoms with E-state index in [-0.39, 0.29) is 0 Å². The van der Waals surface area contributed by atoms with Gasteiger partial charge in [-0.15, -0.1) is 0 Å². The van der Waals surface area contributed by atoms with Crippen molar-refractivity contribution in [1.82, 2.24) is 10.3 Å². The van der Waals surface area contributed by atoms with Gasteiger partial charge in [0.15, 0.2) is 0 Å². The molecule has 1 saturated carbocycles. The second-order valence-electron chi connectivity index (χ2n) is 5.88. The summed E-state index contributed by atoms with van der Waals surface area (Å²) in [5.74, 6) is 0. The highest BCUT2D eigenvalue weighted by molar-refractivity contribution is 9.10. The molecule has 1 aromatic heterocycles. The fraction of sp³-hybridized carbons (Fsp3) is 0.688. The average molecular weight is 325 g/mol. The van der Waals surface area contributed by atoms with E-state index in [0.29, 0.717) is 5.41 Å². The van der Waals surface area contributed by atoms with Gasteiger partial charge in [0.25, 0.3) is 0 Å². The Morgan fingerprint density at radius 2 is 2.05 bits per heavy atom. The maximum absolute atomic E-state index is 4.57. The van der Waals surface area contributed by atoms with Gasteiger partial charge in [-0.2, -0.15) is 0 Å². The Bertz CT molecular complexity index is 369. The van der Waals surface area contributed by atoms with Crippen LogP contribution in [0.2, 0.25) is 0 Å². The van der Waals surface area contributed by atoms with Crippen molar-refractivity contribution >= 4 is 15.9 Å². The molecule has 0 spiro atoms. The van der Waals surface area contributed by atoms with Gasteiger partial charge in [0, 0.05) is 22.9 Å². The maximum atomic E-state index is 4.57. The fourth-order valence-corrected chi connectivity index (χ4v) is 3.38. The van der Waals surface area contributed by atoms with Crippen LogP contribution in [0.1, 0.15) is 51.1 Å². The molecule has 0 saturated heterocycles. The molecule has 1 aromatic rings. The molecule has 1 aliphatic carbocycles. The van der Waals surface area contributed by atoms with E-state index in [1.165, 1.54) is 44.2 Å². The third-order valence-corrected chi connectivity index (χ3v) is 4.65.